The van der Waals surface area contributed by atoms with Gasteiger partial charge < -0.3 is 14.9 Å². The highest BCUT2D eigenvalue weighted by Gasteiger charge is 2.12. The number of carbonyl (C=O) groups is 2. The monoisotopic (exact) mass is 418 g/mol. The number of para-hydroxylation sites is 1. The molecule has 2 N–H and O–H groups in total. The Labute approximate surface area is 181 Å². The van der Waals surface area contributed by atoms with Crippen LogP contribution in [0.4, 0.5) is 0 Å². The lowest BCUT2D eigenvalue weighted by atomic mass is 10.00. The Morgan fingerprint density at radius 3 is 2.00 bits per heavy atom. The number of Topliss-reactive ketones (excluding diaryl/α,β-unsaturated/α-hetero) is 1. The van der Waals surface area contributed by atoms with E-state index in [-0.39, 0.29) is 17.8 Å². The molecule has 0 aromatic heterocycles. The minimum Gasteiger partial charge on any atom is -0.478 e. The molecule has 160 valence electrons. The van der Waals surface area contributed by atoms with E-state index in [1.165, 1.54) is 12.1 Å². The summed E-state index contributed by atoms with van der Waals surface area (Å²) in [5.74, 6) is 0.564. The lowest BCUT2D eigenvalue weighted by molar-refractivity contribution is -0.121. The maximum atomic E-state index is 12.2. The van der Waals surface area contributed by atoms with E-state index in [1.807, 2.05) is 54.6 Å². The van der Waals surface area contributed by atoms with E-state index in [2.05, 4.69) is 0 Å². The second kappa shape index (κ2) is 11.1. The molecule has 3 aromatic rings. The van der Waals surface area contributed by atoms with Crippen molar-refractivity contribution in [3.05, 3.63) is 95.6 Å². The highest BCUT2D eigenvalue weighted by molar-refractivity contribution is 5.87. The normalized spacial score (nSPS) is 11.6. The molecule has 3 rings (SSSR count). The van der Waals surface area contributed by atoms with Crippen molar-refractivity contribution in [1.29, 1.82) is 0 Å². The molecular formula is C26H26O5. The molecule has 0 heterocycles. The van der Waals surface area contributed by atoms with E-state index >= 15 is 0 Å². The van der Waals surface area contributed by atoms with Crippen molar-refractivity contribution in [3.63, 3.8) is 0 Å². The first kappa shape index (κ1) is 22.2. The predicted octanol–water partition coefficient (Wildman–Crippen LogP) is 5.06. The smallest absolute Gasteiger partial charge is 0.335 e. The zero-order valence-electron chi connectivity index (χ0n) is 17.2. The Bertz CT molecular complexity index is 979. The fourth-order valence-corrected chi connectivity index (χ4v) is 3.25. The quantitative estimate of drug-likeness (QED) is 0.455. The van der Waals surface area contributed by atoms with Crippen LogP contribution < -0.4 is 4.74 Å². The van der Waals surface area contributed by atoms with E-state index in [0.29, 0.717) is 25.7 Å². The van der Waals surface area contributed by atoms with E-state index in [1.54, 1.807) is 12.1 Å². The van der Waals surface area contributed by atoms with Gasteiger partial charge >= 0.3 is 5.97 Å². The number of ether oxygens (including phenoxy) is 1. The Morgan fingerprint density at radius 2 is 1.35 bits per heavy atom. The van der Waals surface area contributed by atoms with Crippen molar-refractivity contribution < 1.29 is 24.5 Å². The van der Waals surface area contributed by atoms with Crippen molar-refractivity contribution in [2.45, 2.75) is 38.2 Å². The van der Waals surface area contributed by atoms with Gasteiger partial charge in [0, 0.05) is 12.8 Å². The number of hydrogen-bond donors (Lipinski definition) is 2. The van der Waals surface area contributed by atoms with Gasteiger partial charge in [-0.25, -0.2) is 4.79 Å². The zero-order chi connectivity index (χ0) is 22.1. The van der Waals surface area contributed by atoms with Gasteiger partial charge in [-0.2, -0.15) is 0 Å². The number of carbonyl (C=O) groups excluding carboxylic acids is 1. The molecular weight excluding hydrogens is 392 g/mol. The topological polar surface area (TPSA) is 83.8 Å². The minimum absolute atomic E-state index is 0.00131. The fourth-order valence-electron chi connectivity index (χ4n) is 3.25. The standard InChI is InChI=1S/C26H26O5/c27-22(14-8-19-6-12-21(13-7-19)26(29)30)18-23(28)15-9-20-10-16-25(17-11-20)31-24-4-2-1-3-5-24/h1-7,10-13,16-17,23,28H,8-9,14-15,18H2,(H,29,30). The molecule has 1 atom stereocenters. The SMILES string of the molecule is O=C(CCc1ccc(C(=O)O)cc1)CC(O)CCc1ccc(Oc2ccccc2)cc1. The number of rotatable bonds is 11. The number of benzene rings is 3. The second-order valence-corrected chi connectivity index (χ2v) is 7.50. The molecule has 0 radical (unpaired) electrons. The van der Waals surface area contributed by atoms with Crippen LogP contribution in [0.15, 0.2) is 78.9 Å². The number of ketones is 1. The number of carboxylic acid groups (broad SMARTS) is 1. The number of aliphatic hydroxyl groups excluding tert-OH is 1. The van der Waals surface area contributed by atoms with Gasteiger partial charge in [0.05, 0.1) is 11.7 Å². The first-order chi connectivity index (χ1) is 15.0. The molecule has 0 bridgehead atoms. The van der Waals surface area contributed by atoms with Crippen LogP contribution >= 0.6 is 0 Å². The van der Waals surface area contributed by atoms with Crippen LogP contribution in [-0.2, 0) is 17.6 Å². The Hall–Kier alpha value is -3.44. The summed E-state index contributed by atoms with van der Waals surface area (Å²) in [6, 6.07) is 23.8. The number of aromatic carboxylic acids is 1. The number of aryl methyl sites for hydroxylation is 2. The van der Waals surface area contributed by atoms with Gasteiger partial charge in [0.25, 0.3) is 0 Å². The summed E-state index contributed by atoms with van der Waals surface area (Å²) < 4.78 is 5.77. The van der Waals surface area contributed by atoms with Crippen molar-refractivity contribution in [2.75, 3.05) is 0 Å². The summed E-state index contributed by atoms with van der Waals surface area (Å²) in [6.45, 7) is 0. The van der Waals surface area contributed by atoms with Gasteiger partial charge in [0.1, 0.15) is 17.3 Å². The van der Waals surface area contributed by atoms with Crippen LogP contribution in [0, 0.1) is 0 Å². The fraction of sp³-hybridized carbons (Fsp3) is 0.231. The second-order valence-electron chi connectivity index (χ2n) is 7.50. The third-order valence-corrected chi connectivity index (χ3v) is 5.03. The van der Waals surface area contributed by atoms with Gasteiger partial charge in [0.15, 0.2) is 0 Å². The summed E-state index contributed by atoms with van der Waals surface area (Å²) in [4.78, 5) is 23.0. The molecule has 3 aromatic carbocycles. The molecule has 31 heavy (non-hydrogen) atoms. The summed E-state index contributed by atoms with van der Waals surface area (Å²) in [5.41, 5.74) is 2.21. The molecule has 0 amide bonds. The molecule has 0 aliphatic rings. The van der Waals surface area contributed by atoms with E-state index in [4.69, 9.17) is 9.84 Å². The maximum absolute atomic E-state index is 12.2. The largest absolute Gasteiger partial charge is 0.478 e. The van der Waals surface area contributed by atoms with Gasteiger partial charge in [-0.1, -0.05) is 42.5 Å². The third kappa shape index (κ3) is 7.39. The number of aliphatic hydroxyl groups is 1. The molecule has 0 fully saturated rings. The van der Waals surface area contributed by atoms with Gasteiger partial charge in [-0.05, 0) is 66.8 Å². The van der Waals surface area contributed by atoms with Crippen molar-refractivity contribution >= 4 is 11.8 Å². The average Bonchev–Trinajstić information content (AvgIpc) is 2.78. The van der Waals surface area contributed by atoms with E-state index < -0.39 is 12.1 Å². The highest BCUT2D eigenvalue weighted by Crippen LogP contribution is 2.22. The van der Waals surface area contributed by atoms with Crippen LogP contribution in [0.1, 0.15) is 40.7 Å². The summed E-state index contributed by atoms with van der Waals surface area (Å²) in [7, 11) is 0. The third-order valence-electron chi connectivity index (χ3n) is 5.03. The highest BCUT2D eigenvalue weighted by atomic mass is 16.5. The lowest BCUT2D eigenvalue weighted by Gasteiger charge is -2.11. The van der Waals surface area contributed by atoms with Crippen molar-refractivity contribution in [2.24, 2.45) is 0 Å². The summed E-state index contributed by atoms with van der Waals surface area (Å²) in [5, 5.41) is 19.1. The Kier molecular flexibility index (Phi) is 7.96. The Morgan fingerprint density at radius 1 is 0.774 bits per heavy atom. The molecule has 0 saturated carbocycles. The van der Waals surface area contributed by atoms with Gasteiger partial charge in [-0.3, -0.25) is 4.79 Å². The number of carboxylic acids is 1. The summed E-state index contributed by atoms with van der Waals surface area (Å²) in [6.07, 6.45) is 1.50. The molecule has 0 aliphatic heterocycles. The van der Waals surface area contributed by atoms with E-state index in [0.717, 1.165) is 22.6 Å². The molecule has 0 spiro atoms. The number of hydrogen-bond acceptors (Lipinski definition) is 4. The first-order valence-electron chi connectivity index (χ1n) is 10.3. The molecule has 1 unspecified atom stereocenters. The maximum Gasteiger partial charge on any atom is 0.335 e. The van der Waals surface area contributed by atoms with Crippen LogP contribution in [0.5, 0.6) is 11.5 Å². The predicted molar refractivity (Wildman–Crippen MR) is 119 cm³/mol. The van der Waals surface area contributed by atoms with Gasteiger partial charge in [0.2, 0.25) is 0 Å². The van der Waals surface area contributed by atoms with Crippen molar-refractivity contribution in [3.8, 4) is 11.5 Å². The average molecular weight is 418 g/mol. The first-order valence-corrected chi connectivity index (χ1v) is 10.3. The molecule has 5 heteroatoms. The summed E-state index contributed by atoms with van der Waals surface area (Å²) >= 11 is 0. The zero-order valence-corrected chi connectivity index (χ0v) is 17.2. The Balaban J connectivity index is 1.38. The van der Waals surface area contributed by atoms with Crippen molar-refractivity contribution in [1.82, 2.24) is 0 Å². The van der Waals surface area contributed by atoms with Crippen LogP contribution in [0.25, 0.3) is 0 Å². The molecule has 0 saturated heterocycles. The molecule has 0 aliphatic carbocycles. The van der Waals surface area contributed by atoms with Crippen LogP contribution in [0.2, 0.25) is 0 Å². The van der Waals surface area contributed by atoms with Crippen LogP contribution in [-0.4, -0.2) is 28.1 Å². The molecule has 5 nitrogen and oxygen atoms in total. The van der Waals surface area contributed by atoms with Gasteiger partial charge in [-0.15, -0.1) is 0 Å². The lowest BCUT2D eigenvalue weighted by Crippen LogP contribution is -2.15. The minimum atomic E-state index is -0.968. The van der Waals surface area contributed by atoms with Crippen LogP contribution in [0.3, 0.4) is 0 Å². The van der Waals surface area contributed by atoms with E-state index in [9.17, 15) is 14.7 Å².